The Hall–Kier alpha value is -0.590. The molecule has 0 bridgehead atoms. The standard InChI is InChI=1S/C11H23N3/c1-3-14(4-2)11-6-5-9-13-10-7-8-12/h13H,3-7,9-11H2,1-2H3. The van der Waals surface area contributed by atoms with Crippen molar-refractivity contribution in [2.45, 2.75) is 33.1 Å². The fourth-order valence-electron chi connectivity index (χ4n) is 1.39. The van der Waals surface area contributed by atoms with Crippen LogP contribution in [-0.4, -0.2) is 37.6 Å². The van der Waals surface area contributed by atoms with Gasteiger partial charge in [0.25, 0.3) is 0 Å². The molecule has 0 unspecified atom stereocenters. The zero-order chi connectivity index (χ0) is 10.6. The predicted molar refractivity (Wildman–Crippen MR) is 60.1 cm³/mol. The van der Waals surface area contributed by atoms with Crippen molar-refractivity contribution in [3.63, 3.8) is 0 Å². The summed E-state index contributed by atoms with van der Waals surface area (Å²) in [5.41, 5.74) is 0. The van der Waals surface area contributed by atoms with Crippen LogP contribution in [0.4, 0.5) is 0 Å². The molecule has 1 N–H and O–H groups in total. The van der Waals surface area contributed by atoms with E-state index >= 15 is 0 Å². The van der Waals surface area contributed by atoms with Gasteiger partial charge in [-0.05, 0) is 39.0 Å². The number of nitrogens with zero attached hydrogens (tertiary/aromatic N) is 2. The lowest BCUT2D eigenvalue weighted by Gasteiger charge is -2.17. The van der Waals surface area contributed by atoms with Crippen LogP contribution in [-0.2, 0) is 0 Å². The molecule has 3 nitrogen and oxygen atoms in total. The number of unbranched alkanes of at least 4 members (excludes halogenated alkanes) is 1. The fraction of sp³-hybridized carbons (Fsp3) is 0.909. The van der Waals surface area contributed by atoms with Gasteiger partial charge in [-0.25, -0.2) is 0 Å². The Bertz CT molecular complexity index is 147. The second kappa shape index (κ2) is 10.5. The number of hydrogen-bond donors (Lipinski definition) is 1. The molecule has 0 atom stereocenters. The zero-order valence-corrected chi connectivity index (χ0v) is 9.55. The first kappa shape index (κ1) is 13.4. The van der Waals surface area contributed by atoms with Crippen molar-refractivity contribution in [3.05, 3.63) is 0 Å². The topological polar surface area (TPSA) is 39.1 Å². The van der Waals surface area contributed by atoms with E-state index in [-0.39, 0.29) is 0 Å². The van der Waals surface area contributed by atoms with Crippen LogP contribution in [0.2, 0.25) is 0 Å². The van der Waals surface area contributed by atoms with Gasteiger partial charge in [-0.1, -0.05) is 13.8 Å². The molecule has 0 spiro atoms. The van der Waals surface area contributed by atoms with Crippen LogP contribution in [0.1, 0.15) is 33.1 Å². The van der Waals surface area contributed by atoms with Crippen LogP contribution in [0.3, 0.4) is 0 Å². The number of nitriles is 1. The third-order valence-electron chi connectivity index (χ3n) is 2.39. The van der Waals surface area contributed by atoms with Crippen molar-refractivity contribution in [1.29, 1.82) is 5.26 Å². The molecule has 0 amide bonds. The number of nitrogens with one attached hydrogen (secondary N) is 1. The largest absolute Gasteiger partial charge is 0.316 e. The van der Waals surface area contributed by atoms with E-state index in [1.165, 1.54) is 19.4 Å². The van der Waals surface area contributed by atoms with Crippen molar-refractivity contribution < 1.29 is 0 Å². The first-order chi connectivity index (χ1) is 6.85. The highest BCUT2D eigenvalue weighted by molar-refractivity contribution is 4.69. The lowest BCUT2D eigenvalue weighted by molar-refractivity contribution is 0.296. The molecule has 0 radical (unpaired) electrons. The highest BCUT2D eigenvalue weighted by Crippen LogP contribution is 1.93. The maximum atomic E-state index is 8.31. The summed E-state index contributed by atoms with van der Waals surface area (Å²) in [6, 6.07) is 2.12. The summed E-state index contributed by atoms with van der Waals surface area (Å²) in [5, 5.41) is 11.6. The third-order valence-corrected chi connectivity index (χ3v) is 2.39. The first-order valence-electron chi connectivity index (χ1n) is 5.65. The summed E-state index contributed by atoms with van der Waals surface area (Å²) < 4.78 is 0. The Labute approximate surface area is 88.1 Å². The van der Waals surface area contributed by atoms with Crippen LogP contribution < -0.4 is 5.32 Å². The Morgan fingerprint density at radius 3 is 2.43 bits per heavy atom. The second-order valence-electron chi connectivity index (χ2n) is 3.39. The van der Waals surface area contributed by atoms with Crippen molar-refractivity contribution >= 4 is 0 Å². The van der Waals surface area contributed by atoms with Gasteiger partial charge in [0.1, 0.15) is 0 Å². The van der Waals surface area contributed by atoms with E-state index in [0.29, 0.717) is 6.42 Å². The average Bonchev–Trinajstić information content (AvgIpc) is 2.22. The minimum atomic E-state index is 0.621. The van der Waals surface area contributed by atoms with Crippen LogP contribution in [0, 0.1) is 11.3 Å². The molecule has 0 saturated heterocycles. The van der Waals surface area contributed by atoms with E-state index in [4.69, 9.17) is 5.26 Å². The molecule has 0 fully saturated rings. The zero-order valence-electron chi connectivity index (χ0n) is 9.55. The van der Waals surface area contributed by atoms with Crippen LogP contribution >= 0.6 is 0 Å². The summed E-state index contributed by atoms with van der Waals surface area (Å²) in [6.45, 7) is 9.79. The van der Waals surface area contributed by atoms with Gasteiger partial charge in [-0.15, -0.1) is 0 Å². The van der Waals surface area contributed by atoms with Gasteiger partial charge in [-0.2, -0.15) is 5.26 Å². The van der Waals surface area contributed by atoms with E-state index in [1.807, 2.05) is 0 Å². The molecule has 14 heavy (non-hydrogen) atoms. The quantitative estimate of drug-likeness (QED) is 0.571. The molecule has 0 aliphatic heterocycles. The molecule has 0 aromatic rings. The molecule has 0 aromatic carbocycles. The fourth-order valence-corrected chi connectivity index (χ4v) is 1.39. The molecule has 0 aliphatic carbocycles. The monoisotopic (exact) mass is 197 g/mol. The Balaban J connectivity index is 3.09. The van der Waals surface area contributed by atoms with E-state index < -0.39 is 0 Å². The maximum Gasteiger partial charge on any atom is 0.0635 e. The molecule has 82 valence electrons. The Morgan fingerprint density at radius 2 is 1.86 bits per heavy atom. The highest BCUT2D eigenvalue weighted by Gasteiger charge is 1.97. The summed E-state index contributed by atoms with van der Waals surface area (Å²) in [5.74, 6) is 0. The Kier molecular flexibility index (Phi) is 10.0. The van der Waals surface area contributed by atoms with Gasteiger partial charge in [-0.3, -0.25) is 0 Å². The van der Waals surface area contributed by atoms with Gasteiger partial charge >= 0.3 is 0 Å². The molecule has 0 aliphatic rings. The van der Waals surface area contributed by atoms with Crippen molar-refractivity contribution in [2.24, 2.45) is 0 Å². The summed E-state index contributed by atoms with van der Waals surface area (Å²) in [4.78, 5) is 2.44. The SMILES string of the molecule is CCN(CC)CCCCNCCC#N. The average molecular weight is 197 g/mol. The number of hydrogen-bond acceptors (Lipinski definition) is 3. The van der Waals surface area contributed by atoms with E-state index in [0.717, 1.165) is 26.2 Å². The van der Waals surface area contributed by atoms with Crippen LogP contribution in [0.5, 0.6) is 0 Å². The molecule has 3 heteroatoms. The normalized spacial score (nSPS) is 10.4. The van der Waals surface area contributed by atoms with Gasteiger partial charge in [0.2, 0.25) is 0 Å². The second-order valence-corrected chi connectivity index (χ2v) is 3.39. The molecule has 0 saturated carbocycles. The van der Waals surface area contributed by atoms with Crippen LogP contribution in [0.15, 0.2) is 0 Å². The van der Waals surface area contributed by atoms with E-state index in [9.17, 15) is 0 Å². The molecule has 0 heterocycles. The summed E-state index contributed by atoms with van der Waals surface area (Å²) in [6.07, 6.45) is 3.08. The van der Waals surface area contributed by atoms with Crippen molar-refractivity contribution in [1.82, 2.24) is 10.2 Å². The molecular weight excluding hydrogens is 174 g/mol. The van der Waals surface area contributed by atoms with E-state index in [2.05, 4.69) is 30.1 Å². The van der Waals surface area contributed by atoms with Crippen molar-refractivity contribution in [3.8, 4) is 6.07 Å². The van der Waals surface area contributed by atoms with Crippen molar-refractivity contribution in [2.75, 3.05) is 32.7 Å². The Morgan fingerprint density at radius 1 is 1.14 bits per heavy atom. The summed E-state index contributed by atoms with van der Waals surface area (Å²) >= 11 is 0. The minimum Gasteiger partial charge on any atom is -0.316 e. The van der Waals surface area contributed by atoms with Gasteiger partial charge in [0, 0.05) is 13.0 Å². The predicted octanol–water partition coefficient (Wildman–Crippen LogP) is 1.61. The third kappa shape index (κ3) is 8.03. The lowest BCUT2D eigenvalue weighted by Crippen LogP contribution is -2.25. The molecular formula is C11H23N3. The number of rotatable bonds is 9. The van der Waals surface area contributed by atoms with Gasteiger partial charge in [0.15, 0.2) is 0 Å². The van der Waals surface area contributed by atoms with E-state index in [1.54, 1.807) is 0 Å². The summed E-state index contributed by atoms with van der Waals surface area (Å²) in [7, 11) is 0. The first-order valence-corrected chi connectivity index (χ1v) is 5.65. The smallest absolute Gasteiger partial charge is 0.0635 e. The molecule has 0 rings (SSSR count). The minimum absolute atomic E-state index is 0.621. The lowest BCUT2D eigenvalue weighted by atomic mass is 10.3. The van der Waals surface area contributed by atoms with Crippen LogP contribution in [0.25, 0.3) is 0 Å². The maximum absolute atomic E-state index is 8.31. The highest BCUT2D eigenvalue weighted by atomic mass is 15.1. The van der Waals surface area contributed by atoms with Gasteiger partial charge in [0.05, 0.1) is 6.07 Å². The van der Waals surface area contributed by atoms with Gasteiger partial charge < -0.3 is 10.2 Å². The molecule has 0 aromatic heterocycles.